The lowest BCUT2D eigenvalue weighted by Gasteiger charge is -2.37. The van der Waals surface area contributed by atoms with Gasteiger partial charge in [-0.2, -0.15) is 13.2 Å². The number of aromatic nitrogens is 2. The second-order valence-electron chi connectivity index (χ2n) is 12.6. The molecular weight excluding hydrogens is 671 g/mol. The summed E-state index contributed by atoms with van der Waals surface area (Å²) >= 11 is 1.60. The molecule has 3 heterocycles. The molecular formula is C36H38F3N5O5S. The predicted octanol–water partition coefficient (Wildman–Crippen LogP) is 5.62. The van der Waals surface area contributed by atoms with Gasteiger partial charge in [0.25, 0.3) is 11.5 Å². The molecule has 0 radical (unpaired) electrons. The lowest BCUT2D eigenvalue weighted by Crippen LogP contribution is -2.48. The van der Waals surface area contributed by atoms with E-state index >= 15 is 0 Å². The highest BCUT2D eigenvalue weighted by Gasteiger charge is 2.38. The number of piperazine rings is 1. The fourth-order valence-corrected chi connectivity index (χ4v) is 7.25. The van der Waals surface area contributed by atoms with E-state index in [1.807, 2.05) is 69.6 Å². The predicted molar refractivity (Wildman–Crippen MR) is 185 cm³/mol. The summed E-state index contributed by atoms with van der Waals surface area (Å²) in [5.74, 6) is -2.76. The van der Waals surface area contributed by atoms with Crippen LogP contribution in [0.5, 0.6) is 0 Å². The SMILES string of the molecule is Cc1c(NC(=O)c2cc3c(s2)CCCC3)cccc1-c1cn(C)c(=O)c(Cc2ccc(C3C(=O)N(C)CCN3C)cc2)n1.O=C(O)C(F)(F)F. The largest absolute Gasteiger partial charge is 0.490 e. The number of halogens is 3. The number of amides is 2. The van der Waals surface area contributed by atoms with Gasteiger partial charge in [0, 0.05) is 55.9 Å². The van der Waals surface area contributed by atoms with E-state index in [1.165, 1.54) is 23.3 Å². The first-order valence-electron chi connectivity index (χ1n) is 16.1. The van der Waals surface area contributed by atoms with E-state index in [0.717, 1.165) is 58.7 Å². The van der Waals surface area contributed by atoms with E-state index in [-0.39, 0.29) is 23.4 Å². The van der Waals surface area contributed by atoms with Gasteiger partial charge in [0.05, 0.1) is 10.6 Å². The summed E-state index contributed by atoms with van der Waals surface area (Å²) in [5, 5.41) is 10.2. The summed E-state index contributed by atoms with van der Waals surface area (Å²) in [5.41, 5.74) is 6.64. The summed E-state index contributed by atoms with van der Waals surface area (Å²) in [6, 6.07) is 15.4. The maximum absolute atomic E-state index is 13.2. The Bertz CT molecular complexity index is 1950. The van der Waals surface area contributed by atoms with Gasteiger partial charge in [0.2, 0.25) is 5.91 Å². The number of thiophene rings is 1. The van der Waals surface area contributed by atoms with Crippen LogP contribution in [0.2, 0.25) is 0 Å². The van der Waals surface area contributed by atoms with E-state index in [1.54, 1.807) is 34.0 Å². The molecule has 50 heavy (non-hydrogen) atoms. The first kappa shape index (κ1) is 36.5. The van der Waals surface area contributed by atoms with Crippen LogP contribution in [0, 0.1) is 6.92 Å². The van der Waals surface area contributed by atoms with Crippen LogP contribution in [0.1, 0.15) is 61.4 Å². The van der Waals surface area contributed by atoms with E-state index in [4.69, 9.17) is 14.9 Å². The van der Waals surface area contributed by atoms with Crippen LogP contribution in [0.4, 0.5) is 18.9 Å². The maximum atomic E-state index is 13.2. The van der Waals surface area contributed by atoms with E-state index in [9.17, 15) is 27.6 Å². The zero-order valence-corrected chi connectivity index (χ0v) is 29.0. The number of carboxylic acid groups (broad SMARTS) is 1. The molecule has 2 amide bonds. The van der Waals surface area contributed by atoms with Crippen molar-refractivity contribution in [3.05, 3.63) is 103 Å². The minimum atomic E-state index is -5.08. The standard InChI is InChI=1S/C34H37N5O3S.C2HF3O2/c1-21-25(9-7-10-26(21)36-32(40)30-19-24-8-5-6-11-29(24)43-30)28-20-39(4)33(41)27(35-28)18-22-12-14-23(15-13-22)31-34(42)38(3)17-16-37(31)2;3-2(4,5)1(6)7/h7,9-10,12-15,19-20,31H,5-6,8,11,16-18H2,1-4H3,(H,36,40);(H,6,7). The molecule has 14 heteroatoms. The van der Waals surface area contributed by atoms with Crippen LogP contribution in [0.25, 0.3) is 11.3 Å². The highest BCUT2D eigenvalue weighted by Crippen LogP contribution is 2.32. The quantitative estimate of drug-likeness (QED) is 0.267. The van der Waals surface area contributed by atoms with E-state index in [0.29, 0.717) is 17.8 Å². The highest BCUT2D eigenvalue weighted by molar-refractivity contribution is 7.14. The van der Waals surface area contributed by atoms with Crippen molar-refractivity contribution in [2.45, 2.75) is 51.2 Å². The lowest BCUT2D eigenvalue weighted by atomic mass is 9.99. The second kappa shape index (κ2) is 15.0. The minimum absolute atomic E-state index is 0.0908. The minimum Gasteiger partial charge on any atom is -0.475 e. The van der Waals surface area contributed by atoms with Crippen LogP contribution >= 0.6 is 11.3 Å². The molecule has 4 aromatic rings. The number of likely N-dealkylation sites (N-methyl/N-ethyl adjacent to an activating group) is 2. The van der Waals surface area contributed by atoms with Gasteiger partial charge in [-0.15, -0.1) is 11.3 Å². The summed E-state index contributed by atoms with van der Waals surface area (Å²) in [6.45, 7) is 3.51. The number of aryl methyl sites for hydroxylation is 3. The van der Waals surface area contributed by atoms with Crippen molar-refractivity contribution in [2.24, 2.45) is 7.05 Å². The molecule has 264 valence electrons. The van der Waals surface area contributed by atoms with E-state index < -0.39 is 12.1 Å². The average Bonchev–Trinajstić information content (AvgIpc) is 3.51. The molecule has 1 atom stereocenters. The Morgan fingerprint density at radius 1 is 1.02 bits per heavy atom. The van der Waals surface area contributed by atoms with Crippen molar-refractivity contribution in [2.75, 3.05) is 32.5 Å². The van der Waals surface area contributed by atoms with Crippen molar-refractivity contribution in [3.63, 3.8) is 0 Å². The van der Waals surface area contributed by atoms with Gasteiger partial charge in [0.15, 0.2) is 0 Å². The summed E-state index contributed by atoms with van der Waals surface area (Å²) in [6.07, 6.45) is 1.51. The Labute approximate surface area is 291 Å². The molecule has 0 saturated carbocycles. The smallest absolute Gasteiger partial charge is 0.475 e. The number of carbonyl (C=O) groups excluding carboxylic acids is 2. The molecule has 2 N–H and O–H groups in total. The van der Waals surface area contributed by atoms with Crippen LogP contribution in [-0.2, 0) is 35.9 Å². The number of aliphatic carboxylic acids is 1. The van der Waals surface area contributed by atoms with Crippen LogP contribution < -0.4 is 10.9 Å². The topological polar surface area (TPSA) is 125 Å². The van der Waals surface area contributed by atoms with Gasteiger partial charge in [-0.05, 0) is 74.0 Å². The summed E-state index contributed by atoms with van der Waals surface area (Å²) in [4.78, 5) is 58.7. The van der Waals surface area contributed by atoms with E-state index in [2.05, 4.69) is 10.2 Å². The second-order valence-corrected chi connectivity index (χ2v) is 13.7. The Morgan fingerprint density at radius 3 is 2.36 bits per heavy atom. The molecule has 1 aliphatic carbocycles. The fraction of sp³-hybridized carbons (Fsp3) is 0.361. The Hall–Kier alpha value is -4.82. The van der Waals surface area contributed by atoms with Crippen molar-refractivity contribution in [1.82, 2.24) is 19.4 Å². The molecule has 1 fully saturated rings. The van der Waals surface area contributed by atoms with Crippen LogP contribution in [-0.4, -0.2) is 75.6 Å². The molecule has 6 rings (SSSR count). The molecule has 2 aromatic heterocycles. The number of alkyl halides is 3. The Kier molecular flexibility index (Phi) is 10.9. The number of rotatable bonds is 6. The van der Waals surface area contributed by atoms with Gasteiger partial charge >= 0.3 is 12.1 Å². The number of hydrogen-bond donors (Lipinski definition) is 2. The molecule has 0 bridgehead atoms. The number of carboxylic acids is 1. The highest BCUT2D eigenvalue weighted by atomic mass is 32.1. The number of nitrogens with one attached hydrogen (secondary N) is 1. The van der Waals surface area contributed by atoms with Gasteiger partial charge in [-0.3, -0.25) is 19.3 Å². The first-order chi connectivity index (χ1) is 23.6. The fourth-order valence-electron chi connectivity index (χ4n) is 6.10. The van der Waals surface area contributed by atoms with Crippen LogP contribution in [0.15, 0.2) is 59.5 Å². The van der Waals surface area contributed by atoms with Crippen LogP contribution in [0.3, 0.4) is 0 Å². The summed E-state index contributed by atoms with van der Waals surface area (Å²) < 4.78 is 33.3. The molecule has 0 spiro atoms. The van der Waals surface area contributed by atoms with Gasteiger partial charge in [-0.25, -0.2) is 9.78 Å². The van der Waals surface area contributed by atoms with Gasteiger partial charge in [-0.1, -0.05) is 36.4 Å². The Morgan fingerprint density at radius 2 is 1.70 bits per heavy atom. The van der Waals surface area contributed by atoms with Crippen molar-refractivity contribution >= 4 is 34.8 Å². The average molecular weight is 710 g/mol. The number of fused-ring (bicyclic) bond motifs is 1. The zero-order chi connectivity index (χ0) is 36.3. The number of anilines is 1. The summed E-state index contributed by atoms with van der Waals surface area (Å²) in [7, 11) is 5.55. The lowest BCUT2D eigenvalue weighted by molar-refractivity contribution is -0.192. The molecule has 1 unspecified atom stereocenters. The monoisotopic (exact) mass is 709 g/mol. The third-order valence-electron chi connectivity index (χ3n) is 8.97. The number of carbonyl (C=O) groups is 3. The molecule has 1 aliphatic heterocycles. The molecule has 10 nitrogen and oxygen atoms in total. The van der Waals surface area contributed by atoms with Gasteiger partial charge < -0.3 is 19.9 Å². The molecule has 1 saturated heterocycles. The first-order valence-corrected chi connectivity index (χ1v) is 16.9. The Balaban J connectivity index is 0.000000630. The van der Waals surface area contributed by atoms with Gasteiger partial charge in [0.1, 0.15) is 11.7 Å². The molecule has 2 aliphatic rings. The third-order valence-corrected chi connectivity index (χ3v) is 10.2. The zero-order valence-electron chi connectivity index (χ0n) is 28.1. The van der Waals surface area contributed by atoms with Crippen molar-refractivity contribution in [1.29, 1.82) is 0 Å². The number of benzene rings is 2. The number of nitrogens with zero attached hydrogens (tertiary/aromatic N) is 4. The van der Waals surface area contributed by atoms with Crippen molar-refractivity contribution < 1.29 is 32.7 Å². The maximum Gasteiger partial charge on any atom is 0.490 e. The number of hydrogen-bond acceptors (Lipinski definition) is 7. The normalized spacial score (nSPS) is 16.3. The van der Waals surface area contributed by atoms with Crippen molar-refractivity contribution in [3.8, 4) is 11.3 Å². The third kappa shape index (κ3) is 8.13. The molecule has 2 aromatic carbocycles.